The Morgan fingerprint density at radius 2 is 1.95 bits per heavy atom. The Morgan fingerprint density at radius 3 is 2.62 bits per heavy atom. The number of aromatic carboxylic acids is 1. The maximum absolute atomic E-state index is 11.5. The molecule has 1 aromatic carbocycles. The summed E-state index contributed by atoms with van der Waals surface area (Å²) in [5.41, 5.74) is 1.24. The van der Waals surface area contributed by atoms with E-state index >= 15 is 0 Å². The highest BCUT2D eigenvalue weighted by Gasteiger charge is 2.16. The number of hydrogen-bond acceptors (Lipinski definition) is 4. The fourth-order valence-electron chi connectivity index (χ4n) is 1.97. The van der Waals surface area contributed by atoms with Gasteiger partial charge in [0.05, 0.1) is 33.0 Å². The van der Waals surface area contributed by atoms with Crippen LogP contribution >= 0.6 is 23.2 Å². The van der Waals surface area contributed by atoms with Gasteiger partial charge in [0.2, 0.25) is 0 Å². The quantitative estimate of drug-likeness (QED) is 0.779. The molecule has 3 rings (SSSR count). The molecule has 0 atom stereocenters. The summed E-state index contributed by atoms with van der Waals surface area (Å²) in [6.45, 7) is 0. The number of pyridine rings is 1. The zero-order valence-corrected chi connectivity index (χ0v) is 11.9. The molecule has 0 aliphatic rings. The van der Waals surface area contributed by atoms with Crippen LogP contribution in [0.5, 0.6) is 0 Å². The Bertz CT molecular complexity index is 854. The van der Waals surface area contributed by atoms with E-state index < -0.39 is 5.97 Å². The van der Waals surface area contributed by atoms with Crippen LogP contribution in [0.2, 0.25) is 10.0 Å². The fourth-order valence-corrected chi connectivity index (χ4v) is 2.33. The summed E-state index contributed by atoms with van der Waals surface area (Å²) in [6.07, 6.45) is 4.52. The number of nitrogens with zero attached hydrogens (tertiary/aromatic N) is 3. The SMILES string of the molecule is O=C(O)c1cc(-c2cnccn2)nc2c(Cl)c(Cl)ccc12. The second-order valence-electron chi connectivity index (χ2n) is 4.21. The third-order valence-electron chi connectivity index (χ3n) is 2.93. The Labute approximate surface area is 129 Å². The number of carbonyl (C=O) groups is 1. The molecule has 21 heavy (non-hydrogen) atoms. The Hall–Kier alpha value is -2.24. The van der Waals surface area contributed by atoms with Crippen LogP contribution in [0, 0.1) is 0 Å². The van der Waals surface area contributed by atoms with Gasteiger partial charge in [0.1, 0.15) is 5.69 Å². The van der Waals surface area contributed by atoms with E-state index in [4.69, 9.17) is 23.2 Å². The van der Waals surface area contributed by atoms with Gasteiger partial charge in [-0.25, -0.2) is 9.78 Å². The largest absolute Gasteiger partial charge is 0.478 e. The summed E-state index contributed by atoms with van der Waals surface area (Å²) in [6, 6.07) is 4.57. The highest BCUT2D eigenvalue weighted by molar-refractivity contribution is 6.45. The van der Waals surface area contributed by atoms with Crippen LogP contribution < -0.4 is 0 Å². The molecule has 7 heteroatoms. The molecule has 0 saturated heterocycles. The highest BCUT2D eigenvalue weighted by Crippen LogP contribution is 2.33. The lowest BCUT2D eigenvalue weighted by Gasteiger charge is -2.08. The van der Waals surface area contributed by atoms with Gasteiger partial charge in [0.15, 0.2) is 0 Å². The summed E-state index contributed by atoms with van der Waals surface area (Å²) in [7, 11) is 0. The van der Waals surface area contributed by atoms with Crippen LogP contribution in [-0.2, 0) is 0 Å². The molecule has 2 aromatic heterocycles. The number of halogens is 2. The van der Waals surface area contributed by atoms with Gasteiger partial charge in [-0.15, -0.1) is 0 Å². The highest BCUT2D eigenvalue weighted by atomic mass is 35.5. The van der Waals surface area contributed by atoms with E-state index in [9.17, 15) is 9.90 Å². The topological polar surface area (TPSA) is 76.0 Å². The van der Waals surface area contributed by atoms with E-state index in [0.29, 0.717) is 27.3 Å². The van der Waals surface area contributed by atoms with Crippen molar-refractivity contribution in [2.45, 2.75) is 0 Å². The minimum absolute atomic E-state index is 0.0826. The number of fused-ring (bicyclic) bond motifs is 1. The van der Waals surface area contributed by atoms with Crippen molar-refractivity contribution in [3.8, 4) is 11.4 Å². The third-order valence-corrected chi connectivity index (χ3v) is 3.72. The molecule has 0 unspecified atom stereocenters. The predicted octanol–water partition coefficient (Wildman–Crippen LogP) is 3.70. The van der Waals surface area contributed by atoms with E-state index in [2.05, 4.69) is 15.0 Å². The van der Waals surface area contributed by atoms with Gasteiger partial charge >= 0.3 is 5.97 Å². The van der Waals surface area contributed by atoms with Crippen molar-refractivity contribution in [3.05, 3.63) is 52.4 Å². The molecule has 0 amide bonds. The first kappa shape index (κ1) is 13.7. The van der Waals surface area contributed by atoms with E-state index in [1.165, 1.54) is 24.7 Å². The molecule has 104 valence electrons. The van der Waals surface area contributed by atoms with Crippen molar-refractivity contribution in [3.63, 3.8) is 0 Å². The van der Waals surface area contributed by atoms with E-state index in [1.54, 1.807) is 12.1 Å². The molecule has 0 aliphatic carbocycles. The molecule has 0 aliphatic heterocycles. The maximum Gasteiger partial charge on any atom is 0.336 e. The number of hydrogen-bond donors (Lipinski definition) is 1. The number of carboxylic acid groups (broad SMARTS) is 1. The maximum atomic E-state index is 11.5. The standard InChI is InChI=1S/C14H7Cl2N3O2/c15-9-2-1-7-8(14(20)21)5-10(19-13(7)12(9)16)11-6-17-3-4-18-11/h1-6H,(H,20,21). The average molecular weight is 320 g/mol. The van der Waals surface area contributed by atoms with E-state index in [0.717, 1.165) is 0 Å². The molecular formula is C14H7Cl2N3O2. The summed E-state index contributed by atoms with van der Waals surface area (Å²) in [4.78, 5) is 23.9. The van der Waals surface area contributed by atoms with Gasteiger partial charge in [-0.1, -0.05) is 29.3 Å². The Kier molecular flexibility index (Phi) is 3.45. The predicted molar refractivity (Wildman–Crippen MR) is 79.7 cm³/mol. The number of carboxylic acids is 1. The first-order valence-electron chi connectivity index (χ1n) is 5.86. The van der Waals surface area contributed by atoms with Gasteiger partial charge in [-0.05, 0) is 12.1 Å². The van der Waals surface area contributed by atoms with Crippen molar-refractivity contribution >= 4 is 40.1 Å². The number of benzene rings is 1. The van der Waals surface area contributed by atoms with Crippen molar-refractivity contribution in [1.82, 2.24) is 15.0 Å². The molecule has 0 fully saturated rings. The number of rotatable bonds is 2. The molecule has 2 heterocycles. The van der Waals surface area contributed by atoms with E-state index in [1.807, 2.05) is 0 Å². The molecule has 1 N–H and O–H groups in total. The van der Waals surface area contributed by atoms with Gasteiger partial charge in [-0.3, -0.25) is 9.97 Å². The van der Waals surface area contributed by atoms with Crippen molar-refractivity contribution < 1.29 is 9.90 Å². The minimum Gasteiger partial charge on any atom is -0.478 e. The molecule has 3 aromatic rings. The van der Waals surface area contributed by atoms with Gasteiger partial charge in [-0.2, -0.15) is 0 Å². The smallest absolute Gasteiger partial charge is 0.336 e. The summed E-state index contributed by atoms with van der Waals surface area (Å²) in [5.74, 6) is -1.08. The lowest BCUT2D eigenvalue weighted by molar-refractivity contribution is 0.0699. The molecule has 0 saturated carbocycles. The third kappa shape index (κ3) is 2.41. The second kappa shape index (κ2) is 5.27. The van der Waals surface area contributed by atoms with E-state index in [-0.39, 0.29) is 10.6 Å². The molecule has 0 radical (unpaired) electrons. The summed E-state index contributed by atoms with van der Waals surface area (Å²) >= 11 is 12.1. The van der Waals surface area contributed by atoms with Crippen molar-refractivity contribution in [2.75, 3.05) is 0 Å². The fraction of sp³-hybridized carbons (Fsp3) is 0. The van der Waals surface area contributed by atoms with Crippen molar-refractivity contribution in [1.29, 1.82) is 0 Å². The van der Waals surface area contributed by atoms with Crippen LogP contribution in [0.1, 0.15) is 10.4 Å². The Morgan fingerprint density at radius 1 is 1.14 bits per heavy atom. The molecule has 0 spiro atoms. The Balaban J connectivity index is 2.39. The van der Waals surface area contributed by atoms with Gasteiger partial charge < -0.3 is 5.11 Å². The summed E-state index contributed by atoms with van der Waals surface area (Å²) in [5, 5.41) is 10.3. The minimum atomic E-state index is -1.08. The normalized spacial score (nSPS) is 10.8. The van der Waals surface area contributed by atoms with Crippen molar-refractivity contribution in [2.24, 2.45) is 0 Å². The zero-order valence-electron chi connectivity index (χ0n) is 10.4. The van der Waals surface area contributed by atoms with Crippen LogP contribution in [0.4, 0.5) is 0 Å². The van der Waals surface area contributed by atoms with Gasteiger partial charge in [0.25, 0.3) is 0 Å². The lowest BCUT2D eigenvalue weighted by atomic mass is 10.1. The lowest BCUT2D eigenvalue weighted by Crippen LogP contribution is -2.01. The molecular weight excluding hydrogens is 313 g/mol. The summed E-state index contributed by atoms with van der Waals surface area (Å²) < 4.78 is 0. The zero-order chi connectivity index (χ0) is 15.0. The number of aromatic nitrogens is 3. The van der Waals surface area contributed by atoms with Crippen LogP contribution in [0.15, 0.2) is 36.8 Å². The van der Waals surface area contributed by atoms with Crippen LogP contribution in [0.25, 0.3) is 22.3 Å². The first-order chi connectivity index (χ1) is 10.1. The average Bonchev–Trinajstić information content (AvgIpc) is 2.51. The van der Waals surface area contributed by atoms with Gasteiger partial charge in [0, 0.05) is 17.8 Å². The second-order valence-corrected chi connectivity index (χ2v) is 4.99. The monoisotopic (exact) mass is 319 g/mol. The molecule has 0 bridgehead atoms. The first-order valence-corrected chi connectivity index (χ1v) is 6.62. The molecule has 5 nitrogen and oxygen atoms in total. The van der Waals surface area contributed by atoms with Crippen LogP contribution in [0.3, 0.4) is 0 Å². The van der Waals surface area contributed by atoms with Crippen LogP contribution in [-0.4, -0.2) is 26.0 Å².